The molecule has 33 heavy (non-hydrogen) atoms. The van der Waals surface area contributed by atoms with Gasteiger partial charge < -0.3 is 15.2 Å². The van der Waals surface area contributed by atoms with Crippen molar-refractivity contribution in [3.63, 3.8) is 0 Å². The summed E-state index contributed by atoms with van der Waals surface area (Å²) in [7, 11) is 1.67. The van der Waals surface area contributed by atoms with Gasteiger partial charge in [0, 0.05) is 11.4 Å². The molecular formula is C30H27NO2. The van der Waals surface area contributed by atoms with Gasteiger partial charge >= 0.3 is 0 Å². The Morgan fingerprint density at radius 1 is 0.576 bits per heavy atom. The molecule has 3 heteroatoms. The van der Waals surface area contributed by atoms with Gasteiger partial charge in [-0.25, -0.2) is 0 Å². The van der Waals surface area contributed by atoms with Crippen molar-refractivity contribution in [3.8, 4) is 5.75 Å². The van der Waals surface area contributed by atoms with Crippen molar-refractivity contribution < 1.29 is 9.84 Å². The number of aliphatic hydroxyl groups excluding tert-OH is 1. The average molecular weight is 434 g/mol. The Balaban J connectivity index is 1.33. The third-order valence-electron chi connectivity index (χ3n) is 5.32. The third-order valence-corrected chi connectivity index (χ3v) is 5.32. The number of anilines is 2. The summed E-state index contributed by atoms with van der Waals surface area (Å²) < 4.78 is 5.20. The van der Waals surface area contributed by atoms with Crippen molar-refractivity contribution in [1.29, 1.82) is 0 Å². The summed E-state index contributed by atoms with van der Waals surface area (Å²) >= 11 is 0. The lowest BCUT2D eigenvalue weighted by Gasteiger charge is -2.07. The third kappa shape index (κ3) is 6.45. The van der Waals surface area contributed by atoms with E-state index in [-0.39, 0.29) is 6.61 Å². The highest BCUT2D eigenvalue weighted by Gasteiger charge is 1.97. The first-order chi connectivity index (χ1) is 16.2. The van der Waals surface area contributed by atoms with E-state index >= 15 is 0 Å². The minimum atomic E-state index is 0.0710. The highest BCUT2D eigenvalue weighted by molar-refractivity contribution is 5.73. The monoisotopic (exact) mass is 433 g/mol. The lowest BCUT2D eigenvalue weighted by atomic mass is 10.1. The number of hydrogen-bond donors (Lipinski definition) is 2. The molecule has 2 N–H and O–H groups in total. The summed E-state index contributed by atoms with van der Waals surface area (Å²) in [6.07, 6.45) is 8.35. The number of hydrogen-bond acceptors (Lipinski definition) is 3. The maximum atomic E-state index is 9.13. The fraction of sp³-hybridized carbons (Fsp3) is 0.0667. The molecule has 4 rings (SSSR count). The van der Waals surface area contributed by atoms with E-state index < -0.39 is 0 Å². The Kier molecular flexibility index (Phi) is 7.36. The maximum absolute atomic E-state index is 9.13. The first kappa shape index (κ1) is 22.1. The predicted octanol–water partition coefficient (Wildman–Crippen LogP) is 7.27. The summed E-state index contributed by atoms with van der Waals surface area (Å²) in [5.74, 6) is 0.861. The first-order valence-electron chi connectivity index (χ1n) is 10.9. The number of aliphatic hydroxyl groups is 1. The van der Waals surface area contributed by atoms with Crippen LogP contribution in [-0.2, 0) is 6.61 Å². The molecule has 0 heterocycles. The van der Waals surface area contributed by atoms with Crippen LogP contribution in [0.4, 0.5) is 11.4 Å². The SMILES string of the molecule is COc1ccc(/C=C/c2ccc(Nc3ccc(/C=C/c4ccc(CO)cc4)cc3)cc2)cc1. The zero-order chi connectivity index (χ0) is 22.9. The Hall–Kier alpha value is -4.08. The van der Waals surface area contributed by atoms with E-state index in [1.54, 1.807) is 7.11 Å². The fourth-order valence-corrected chi connectivity index (χ4v) is 3.36. The quantitative estimate of drug-likeness (QED) is 0.287. The fourth-order valence-electron chi connectivity index (χ4n) is 3.36. The molecule has 4 aromatic carbocycles. The predicted molar refractivity (Wildman–Crippen MR) is 139 cm³/mol. The van der Waals surface area contributed by atoms with E-state index in [9.17, 15) is 0 Å². The van der Waals surface area contributed by atoms with Crippen molar-refractivity contribution in [3.05, 3.63) is 125 Å². The molecule has 164 valence electrons. The topological polar surface area (TPSA) is 41.5 Å². The van der Waals surface area contributed by atoms with Crippen LogP contribution in [0.1, 0.15) is 27.8 Å². The van der Waals surface area contributed by atoms with Crippen LogP contribution in [-0.4, -0.2) is 12.2 Å². The van der Waals surface area contributed by atoms with Gasteiger partial charge in [0.2, 0.25) is 0 Å². The number of rotatable bonds is 8. The van der Waals surface area contributed by atoms with E-state index in [0.29, 0.717) is 0 Å². The van der Waals surface area contributed by atoms with E-state index in [1.807, 2.05) is 48.5 Å². The lowest BCUT2D eigenvalue weighted by Crippen LogP contribution is -1.90. The van der Waals surface area contributed by atoms with E-state index in [2.05, 4.69) is 78.2 Å². The molecule has 0 spiro atoms. The van der Waals surface area contributed by atoms with Crippen molar-refractivity contribution in [2.45, 2.75) is 6.61 Å². The molecule has 0 aliphatic rings. The first-order valence-corrected chi connectivity index (χ1v) is 10.9. The molecule has 0 unspecified atom stereocenters. The second-order valence-corrected chi connectivity index (χ2v) is 7.71. The van der Waals surface area contributed by atoms with Crippen LogP contribution >= 0.6 is 0 Å². The van der Waals surface area contributed by atoms with Crippen molar-refractivity contribution in [1.82, 2.24) is 0 Å². The van der Waals surface area contributed by atoms with Gasteiger partial charge in [0.25, 0.3) is 0 Å². The van der Waals surface area contributed by atoms with Gasteiger partial charge in [-0.3, -0.25) is 0 Å². The van der Waals surface area contributed by atoms with E-state index in [4.69, 9.17) is 9.84 Å². The Morgan fingerprint density at radius 2 is 0.939 bits per heavy atom. The molecule has 0 fully saturated rings. The molecule has 0 saturated carbocycles. The normalized spacial score (nSPS) is 11.2. The van der Waals surface area contributed by atoms with Gasteiger partial charge in [-0.2, -0.15) is 0 Å². The smallest absolute Gasteiger partial charge is 0.118 e. The molecule has 0 bridgehead atoms. The van der Waals surface area contributed by atoms with Gasteiger partial charge in [0.15, 0.2) is 0 Å². The van der Waals surface area contributed by atoms with Crippen molar-refractivity contribution >= 4 is 35.7 Å². The molecular weight excluding hydrogens is 406 g/mol. The largest absolute Gasteiger partial charge is 0.497 e. The van der Waals surface area contributed by atoms with E-state index in [1.165, 1.54) is 0 Å². The molecule has 0 saturated heterocycles. The highest BCUT2D eigenvalue weighted by Crippen LogP contribution is 2.20. The summed E-state index contributed by atoms with van der Waals surface area (Å²) in [5.41, 5.74) is 7.52. The minimum absolute atomic E-state index is 0.0710. The minimum Gasteiger partial charge on any atom is -0.497 e. The van der Waals surface area contributed by atoms with Crippen LogP contribution in [0.25, 0.3) is 24.3 Å². The highest BCUT2D eigenvalue weighted by atomic mass is 16.5. The Labute approximate surface area is 195 Å². The van der Waals surface area contributed by atoms with Gasteiger partial charge in [-0.15, -0.1) is 0 Å². The van der Waals surface area contributed by atoms with Crippen LogP contribution in [0.3, 0.4) is 0 Å². The molecule has 0 atom stereocenters. The van der Waals surface area contributed by atoms with Gasteiger partial charge in [0.1, 0.15) is 5.75 Å². The van der Waals surface area contributed by atoms with Crippen molar-refractivity contribution in [2.24, 2.45) is 0 Å². The Morgan fingerprint density at radius 3 is 1.30 bits per heavy atom. The van der Waals surface area contributed by atoms with Crippen LogP contribution in [0.5, 0.6) is 5.75 Å². The molecule has 4 aromatic rings. The summed E-state index contributed by atoms with van der Waals surface area (Å²) in [5, 5.41) is 12.6. The van der Waals surface area contributed by atoms with Crippen LogP contribution in [0.15, 0.2) is 97.1 Å². The molecule has 0 aromatic heterocycles. The standard InChI is InChI=1S/C30H27NO2/c1-33-30-20-14-26(15-21-30)5-4-25-12-18-29(19-13-25)31-28-16-10-24(11-17-28)3-2-23-6-8-27(22-32)9-7-23/h2-21,31-32H,22H2,1H3/b3-2+,5-4+. The van der Waals surface area contributed by atoms with E-state index in [0.717, 1.165) is 44.9 Å². The van der Waals surface area contributed by atoms with Crippen molar-refractivity contribution in [2.75, 3.05) is 12.4 Å². The second kappa shape index (κ2) is 11.0. The number of benzene rings is 4. The zero-order valence-corrected chi connectivity index (χ0v) is 18.6. The molecule has 0 radical (unpaired) electrons. The van der Waals surface area contributed by atoms with Gasteiger partial charge in [-0.05, 0) is 64.2 Å². The molecule has 0 aliphatic carbocycles. The zero-order valence-electron chi connectivity index (χ0n) is 18.6. The summed E-state index contributed by atoms with van der Waals surface area (Å²) in [4.78, 5) is 0. The summed E-state index contributed by atoms with van der Waals surface area (Å²) in [6, 6.07) is 32.6. The number of ether oxygens (including phenoxy) is 1. The lowest BCUT2D eigenvalue weighted by molar-refractivity contribution is 0.282. The van der Waals surface area contributed by atoms with Crippen LogP contribution in [0, 0.1) is 0 Å². The second-order valence-electron chi connectivity index (χ2n) is 7.71. The molecule has 0 aliphatic heterocycles. The number of methoxy groups -OCH3 is 1. The molecule has 0 amide bonds. The number of nitrogens with one attached hydrogen (secondary N) is 1. The van der Waals surface area contributed by atoms with Gasteiger partial charge in [-0.1, -0.05) is 85.0 Å². The maximum Gasteiger partial charge on any atom is 0.118 e. The van der Waals surface area contributed by atoms with Crippen LogP contribution in [0.2, 0.25) is 0 Å². The van der Waals surface area contributed by atoms with Gasteiger partial charge in [0.05, 0.1) is 13.7 Å². The molecule has 3 nitrogen and oxygen atoms in total. The summed E-state index contributed by atoms with van der Waals surface area (Å²) in [6.45, 7) is 0.0710. The van der Waals surface area contributed by atoms with Crippen LogP contribution < -0.4 is 10.1 Å². The Bertz CT molecular complexity index is 1110. The average Bonchev–Trinajstić information content (AvgIpc) is 2.88.